The van der Waals surface area contributed by atoms with Crippen LogP contribution in [0.4, 0.5) is 0 Å². The van der Waals surface area contributed by atoms with Gasteiger partial charge in [0.2, 0.25) is 0 Å². The van der Waals surface area contributed by atoms with Gasteiger partial charge in [0.05, 0.1) is 19.8 Å². The molecule has 2 nitrogen and oxygen atoms in total. The molecule has 13 heavy (non-hydrogen) atoms. The highest BCUT2D eigenvalue weighted by atomic mass is 79.9. The molecule has 0 aromatic rings. The maximum atomic E-state index is 8.57. The number of aliphatic hydroxyl groups excluding tert-OH is 1. The molecule has 0 aromatic heterocycles. The van der Waals surface area contributed by atoms with Crippen molar-refractivity contribution in [2.75, 3.05) is 19.8 Å². The molecule has 2 bridgehead atoms. The standard InChI is InChI=1S/C10H13BrO2/c11-10-8-2-1-7(5-8)9(10)6-13-4-3-12/h1-2,7-8,12H,3-6H2/t7-,8+/m1/s1. The number of rotatable bonds is 4. The SMILES string of the molecule is OCCOCC1=C(Br)[C@H]2C=C[C@@H]1C2. The molecule has 2 rings (SSSR count). The number of halogens is 1. The highest BCUT2D eigenvalue weighted by molar-refractivity contribution is 9.11. The summed E-state index contributed by atoms with van der Waals surface area (Å²) in [6.07, 6.45) is 5.72. The Labute approximate surface area is 86.4 Å². The van der Waals surface area contributed by atoms with E-state index in [4.69, 9.17) is 9.84 Å². The van der Waals surface area contributed by atoms with Crippen LogP contribution >= 0.6 is 15.9 Å². The van der Waals surface area contributed by atoms with Crippen molar-refractivity contribution in [3.63, 3.8) is 0 Å². The molecule has 0 spiro atoms. The molecule has 1 N–H and O–H groups in total. The van der Waals surface area contributed by atoms with Gasteiger partial charge in [0, 0.05) is 16.3 Å². The van der Waals surface area contributed by atoms with Gasteiger partial charge in [0.25, 0.3) is 0 Å². The monoisotopic (exact) mass is 244 g/mol. The molecule has 0 heterocycles. The Morgan fingerprint density at radius 1 is 1.46 bits per heavy atom. The van der Waals surface area contributed by atoms with Gasteiger partial charge in [-0.15, -0.1) is 0 Å². The van der Waals surface area contributed by atoms with Gasteiger partial charge in [-0.25, -0.2) is 0 Å². The smallest absolute Gasteiger partial charge is 0.0702 e. The van der Waals surface area contributed by atoms with Crippen molar-refractivity contribution in [1.82, 2.24) is 0 Å². The summed E-state index contributed by atoms with van der Waals surface area (Å²) < 4.78 is 6.62. The third-order valence-electron chi connectivity index (χ3n) is 2.66. The van der Waals surface area contributed by atoms with E-state index < -0.39 is 0 Å². The molecular weight excluding hydrogens is 232 g/mol. The molecule has 0 aromatic carbocycles. The number of allylic oxidation sites excluding steroid dienone is 3. The van der Waals surface area contributed by atoms with Crippen LogP contribution in [0.1, 0.15) is 6.42 Å². The predicted octanol–water partition coefficient (Wildman–Crippen LogP) is 1.85. The summed E-state index contributed by atoms with van der Waals surface area (Å²) in [7, 11) is 0. The summed E-state index contributed by atoms with van der Waals surface area (Å²) in [6, 6.07) is 0. The van der Waals surface area contributed by atoms with Gasteiger partial charge >= 0.3 is 0 Å². The molecule has 0 radical (unpaired) electrons. The van der Waals surface area contributed by atoms with Gasteiger partial charge in [0.1, 0.15) is 0 Å². The fourth-order valence-corrected chi connectivity index (χ4v) is 2.73. The van der Waals surface area contributed by atoms with E-state index in [1.165, 1.54) is 16.5 Å². The Morgan fingerprint density at radius 2 is 2.23 bits per heavy atom. The largest absolute Gasteiger partial charge is 0.394 e. The van der Waals surface area contributed by atoms with Crippen molar-refractivity contribution >= 4 is 15.9 Å². The molecule has 3 heteroatoms. The number of ether oxygens (including phenoxy) is 1. The van der Waals surface area contributed by atoms with Crippen molar-refractivity contribution < 1.29 is 9.84 Å². The highest BCUT2D eigenvalue weighted by Crippen LogP contribution is 2.46. The maximum Gasteiger partial charge on any atom is 0.0702 e. The lowest BCUT2D eigenvalue weighted by molar-refractivity contribution is 0.105. The molecular formula is C10H13BrO2. The van der Waals surface area contributed by atoms with E-state index in [-0.39, 0.29) is 6.61 Å². The van der Waals surface area contributed by atoms with Gasteiger partial charge in [-0.1, -0.05) is 28.1 Å². The molecule has 0 saturated heterocycles. The zero-order valence-electron chi connectivity index (χ0n) is 7.37. The zero-order chi connectivity index (χ0) is 9.26. The van der Waals surface area contributed by atoms with E-state index in [2.05, 4.69) is 28.1 Å². The van der Waals surface area contributed by atoms with Gasteiger partial charge in [-0.05, 0) is 12.0 Å². The van der Waals surface area contributed by atoms with Crippen LogP contribution in [-0.2, 0) is 4.74 Å². The summed E-state index contributed by atoms with van der Waals surface area (Å²) in [4.78, 5) is 0. The fourth-order valence-electron chi connectivity index (χ4n) is 1.98. The quantitative estimate of drug-likeness (QED) is 0.605. The van der Waals surface area contributed by atoms with Crippen molar-refractivity contribution in [3.05, 3.63) is 22.2 Å². The van der Waals surface area contributed by atoms with Crippen molar-refractivity contribution in [1.29, 1.82) is 0 Å². The first-order valence-electron chi connectivity index (χ1n) is 4.58. The van der Waals surface area contributed by atoms with Crippen molar-refractivity contribution in [3.8, 4) is 0 Å². The minimum atomic E-state index is 0.106. The van der Waals surface area contributed by atoms with Gasteiger partial charge in [-0.3, -0.25) is 0 Å². The lowest BCUT2D eigenvalue weighted by Gasteiger charge is -2.11. The molecule has 2 atom stereocenters. The van der Waals surface area contributed by atoms with Gasteiger partial charge in [0.15, 0.2) is 0 Å². The minimum absolute atomic E-state index is 0.106. The average molecular weight is 245 g/mol. The topological polar surface area (TPSA) is 29.5 Å². The molecule has 2 aliphatic rings. The summed E-state index contributed by atoms with van der Waals surface area (Å²) in [5.74, 6) is 1.18. The summed E-state index contributed by atoms with van der Waals surface area (Å²) in [5.41, 5.74) is 1.36. The summed E-state index contributed by atoms with van der Waals surface area (Å²) in [5, 5.41) is 8.57. The van der Waals surface area contributed by atoms with Crippen LogP contribution in [0.25, 0.3) is 0 Å². The number of hydrogen-bond donors (Lipinski definition) is 1. The number of aliphatic hydroxyl groups is 1. The third kappa shape index (κ3) is 1.73. The Bertz CT molecular complexity index is 258. The molecule has 0 saturated carbocycles. The van der Waals surface area contributed by atoms with Crippen LogP contribution in [0.15, 0.2) is 22.2 Å². The second-order valence-corrected chi connectivity index (χ2v) is 4.34. The lowest BCUT2D eigenvalue weighted by Crippen LogP contribution is -2.07. The van der Waals surface area contributed by atoms with E-state index in [0.29, 0.717) is 25.0 Å². The molecule has 2 aliphatic carbocycles. The highest BCUT2D eigenvalue weighted by Gasteiger charge is 2.33. The van der Waals surface area contributed by atoms with Crippen molar-refractivity contribution in [2.45, 2.75) is 6.42 Å². The average Bonchev–Trinajstić information content (AvgIpc) is 2.69. The zero-order valence-corrected chi connectivity index (χ0v) is 8.96. The Balaban J connectivity index is 1.92. The Kier molecular flexibility index (Phi) is 2.86. The first kappa shape index (κ1) is 9.44. The predicted molar refractivity (Wildman–Crippen MR) is 54.6 cm³/mol. The van der Waals surface area contributed by atoms with Gasteiger partial charge in [-0.2, -0.15) is 0 Å². The molecule has 0 aliphatic heterocycles. The second kappa shape index (κ2) is 3.95. The Morgan fingerprint density at radius 3 is 2.85 bits per heavy atom. The van der Waals surface area contributed by atoms with Crippen LogP contribution in [0, 0.1) is 11.8 Å². The molecule has 0 unspecified atom stereocenters. The summed E-state index contributed by atoms with van der Waals surface area (Å²) >= 11 is 3.60. The molecule has 72 valence electrons. The maximum absolute atomic E-state index is 8.57. The van der Waals surface area contributed by atoms with Crippen LogP contribution in [0.5, 0.6) is 0 Å². The minimum Gasteiger partial charge on any atom is -0.394 e. The first-order valence-corrected chi connectivity index (χ1v) is 5.37. The molecule has 0 amide bonds. The van der Waals surface area contributed by atoms with E-state index >= 15 is 0 Å². The van der Waals surface area contributed by atoms with Gasteiger partial charge < -0.3 is 9.84 Å². The van der Waals surface area contributed by atoms with E-state index in [1.54, 1.807) is 0 Å². The van der Waals surface area contributed by atoms with E-state index in [0.717, 1.165) is 0 Å². The van der Waals surface area contributed by atoms with Crippen LogP contribution in [0.2, 0.25) is 0 Å². The number of hydrogen-bond acceptors (Lipinski definition) is 2. The second-order valence-electron chi connectivity index (χ2n) is 3.48. The van der Waals surface area contributed by atoms with Crippen LogP contribution in [0.3, 0.4) is 0 Å². The van der Waals surface area contributed by atoms with Crippen LogP contribution < -0.4 is 0 Å². The third-order valence-corrected chi connectivity index (χ3v) is 3.75. The van der Waals surface area contributed by atoms with E-state index in [1.807, 2.05) is 0 Å². The van der Waals surface area contributed by atoms with Crippen LogP contribution in [-0.4, -0.2) is 24.9 Å². The van der Waals surface area contributed by atoms with Crippen molar-refractivity contribution in [2.24, 2.45) is 11.8 Å². The summed E-state index contributed by atoms with van der Waals surface area (Å²) in [6.45, 7) is 1.20. The number of fused-ring (bicyclic) bond motifs is 2. The normalized spacial score (nSPS) is 30.6. The van der Waals surface area contributed by atoms with E-state index in [9.17, 15) is 0 Å². The Hall–Kier alpha value is -0.120. The lowest BCUT2D eigenvalue weighted by atomic mass is 10.0. The fraction of sp³-hybridized carbons (Fsp3) is 0.600. The molecule has 0 fully saturated rings. The first-order chi connectivity index (χ1) is 6.33.